The van der Waals surface area contributed by atoms with Crippen LogP contribution in [0.25, 0.3) is 22.5 Å². The summed E-state index contributed by atoms with van der Waals surface area (Å²) in [6, 6.07) is 10.2. The third kappa shape index (κ3) is 2.64. The maximum atomic E-state index is 5.73. The number of aromatic nitrogens is 3. The zero-order valence-corrected chi connectivity index (χ0v) is 12.3. The van der Waals surface area contributed by atoms with Crippen LogP contribution in [0.2, 0.25) is 0 Å². The van der Waals surface area contributed by atoms with Gasteiger partial charge in [-0.25, -0.2) is 0 Å². The topological polar surface area (TPSA) is 43.9 Å². The highest BCUT2D eigenvalue weighted by atomic mass is 32.2. The molecule has 0 radical (unpaired) electrons. The molecule has 0 aliphatic heterocycles. The molecule has 0 atom stereocenters. The minimum atomic E-state index is 0.527. The van der Waals surface area contributed by atoms with Crippen LogP contribution in [0.15, 0.2) is 65.3 Å². The van der Waals surface area contributed by atoms with E-state index in [2.05, 4.69) is 46.1 Å². The molecule has 0 spiro atoms. The Morgan fingerprint density at radius 2 is 2.05 bits per heavy atom. The molecule has 4 nitrogen and oxygen atoms in total. The Bertz CT molecular complexity index is 788. The van der Waals surface area contributed by atoms with Crippen molar-refractivity contribution < 1.29 is 4.42 Å². The van der Waals surface area contributed by atoms with Gasteiger partial charge in [-0.2, -0.15) is 0 Å². The molecule has 0 amide bonds. The first-order valence-corrected chi connectivity index (χ1v) is 7.58. The lowest BCUT2D eigenvalue weighted by molar-refractivity contribution is 0.463. The van der Waals surface area contributed by atoms with Crippen LogP contribution >= 0.6 is 11.8 Å². The first kappa shape index (κ1) is 13.7. The van der Waals surface area contributed by atoms with Crippen molar-refractivity contribution in [3.63, 3.8) is 0 Å². The van der Waals surface area contributed by atoms with Gasteiger partial charge in [0.1, 0.15) is 5.69 Å². The van der Waals surface area contributed by atoms with Crippen molar-refractivity contribution >= 4 is 22.7 Å². The summed E-state index contributed by atoms with van der Waals surface area (Å²) in [6.07, 6.45) is 3.67. The van der Waals surface area contributed by atoms with Gasteiger partial charge in [-0.1, -0.05) is 42.1 Å². The van der Waals surface area contributed by atoms with Crippen molar-refractivity contribution in [3.8, 4) is 11.6 Å². The normalized spacial score (nSPS) is 10.9. The van der Waals surface area contributed by atoms with Crippen LogP contribution < -0.4 is 0 Å². The second-order valence-electron chi connectivity index (χ2n) is 4.46. The summed E-state index contributed by atoms with van der Waals surface area (Å²) in [5.74, 6) is 1.27. The van der Waals surface area contributed by atoms with Gasteiger partial charge in [0.05, 0.1) is 0 Å². The third-order valence-corrected chi connectivity index (χ3v) is 3.89. The molecule has 106 valence electrons. The number of nitrogens with zero attached hydrogens (tertiary/aromatic N) is 3. The molecule has 2 aromatic heterocycles. The number of para-hydroxylation sites is 1. The number of hydrogen-bond acceptors (Lipinski definition) is 4. The lowest BCUT2D eigenvalue weighted by Crippen LogP contribution is -1.97. The van der Waals surface area contributed by atoms with E-state index in [0.29, 0.717) is 17.7 Å². The fourth-order valence-corrected chi connectivity index (χ4v) is 2.71. The molecule has 0 fully saturated rings. The van der Waals surface area contributed by atoms with Gasteiger partial charge in [0.2, 0.25) is 0 Å². The molecular weight excluding hydrogens is 282 g/mol. The number of fused-ring (bicyclic) bond motifs is 1. The lowest BCUT2D eigenvalue weighted by Gasteiger charge is -2.04. The average Bonchev–Trinajstić information content (AvgIpc) is 3.10. The monoisotopic (exact) mass is 297 g/mol. The standard InChI is InChI=1S/C16H15N3OS/c1-3-9-19-13-8-6-5-7-12(13)11-14(19)15-17-18-16(20-15)21-10-4-2/h3-8,11H,1-2,9-10H2. The first-order valence-electron chi connectivity index (χ1n) is 6.60. The van der Waals surface area contributed by atoms with Crippen LogP contribution in [0, 0.1) is 0 Å². The molecular formula is C16H15N3OS. The van der Waals surface area contributed by atoms with E-state index in [0.717, 1.165) is 22.3 Å². The molecule has 2 heterocycles. The molecule has 0 saturated carbocycles. The highest BCUT2D eigenvalue weighted by Crippen LogP contribution is 2.29. The maximum Gasteiger partial charge on any atom is 0.277 e. The Hall–Kier alpha value is -2.27. The van der Waals surface area contributed by atoms with Crippen molar-refractivity contribution in [3.05, 3.63) is 55.6 Å². The Labute approximate surface area is 127 Å². The van der Waals surface area contributed by atoms with Crippen LogP contribution in [0.5, 0.6) is 0 Å². The molecule has 5 heteroatoms. The quantitative estimate of drug-likeness (QED) is 0.506. The predicted molar refractivity (Wildman–Crippen MR) is 86.3 cm³/mol. The summed E-state index contributed by atoms with van der Waals surface area (Å²) in [5.41, 5.74) is 2.04. The molecule has 0 saturated heterocycles. The van der Waals surface area contributed by atoms with Crippen LogP contribution in [0.1, 0.15) is 0 Å². The van der Waals surface area contributed by atoms with Gasteiger partial charge < -0.3 is 8.98 Å². The Morgan fingerprint density at radius 1 is 1.19 bits per heavy atom. The fraction of sp³-hybridized carbons (Fsp3) is 0.125. The largest absolute Gasteiger partial charge is 0.410 e. The summed E-state index contributed by atoms with van der Waals surface area (Å²) >= 11 is 1.47. The van der Waals surface area contributed by atoms with Gasteiger partial charge in [-0.15, -0.1) is 23.4 Å². The molecule has 3 rings (SSSR count). The van der Waals surface area contributed by atoms with Crippen molar-refractivity contribution in [2.45, 2.75) is 11.8 Å². The van der Waals surface area contributed by atoms with Gasteiger partial charge in [0.15, 0.2) is 0 Å². The minimum Gasteiger partial charge on any atom is -0.410 e. The summed E-state index contributed by atoms with van der Waals surface area (Å²) in [4.78, 5) is 0. The average molecular weight is 297 g/mol. The van der Waals surface area contributed by atoms with Gasteiger partial charge in [0.25, 0.3) is 11.1 Å². The number of rotatable bonds is 6. The van der Waals surface area contributed by atoms with Gasteiger partial charge in [-0.3, -0.25) is 0 Å². The van der Waals surface area contributed by atoms with E-state index in [1.807, 2.05) is 24.3 Å². The summed E-state index contributed by atoms with van der Waals surface area (Å²) in [6.45, 7) is 8.20. The molecule has 0 unspecified atom stereocenters. The zero-order chi connectivity index (χ0) is 14.7. The maximum absolute atomic E-state index is 5.73. The molecule has 21 heavy (non-hydrogen) atoms. The molecule has 3 aromatic rings. The van der Waals surface area contributed by atoms with E-state index in [9.17, 15) is 0 Å². The Balaban J connectivity index is 2.06. The number of hydrogen-bond donors (Lipinski definition) is 0. The van der Waals surface area contributed by atoms with Crippen molar-refractivity contribution in [1.29, 1.82) is 0 Å². The number of allylic oxidation sites excluding steroid dienone is 1. The SMILES string of the molecule is C=CCSc1nnc(-c2cc3ccccc3n2CC=C)o1. The minimum absolute atomic E-state index is 0.527. The highest BCUT2D eigenvalue weighted by molar-refractivity contribution is 7.99. The second-order valence-corrected chi connectivity index (χ2v) is 5.43. The van der Waals surface area contributed by atoms with E-state index in [4.69, 9.17) is 4.42 Å². The summed E-state index contributed by atoms with van der Waals surface area (Å²) in [7, 11) is 0. The highest BCUT2D eigenvalue weighted by Gasteiger charge is 2.15. The fourth-order valence-electron chi connectivity index (χ4n) is 2.22. The Morgan fingerprint density at radius 3 is 2.86 bits per heavy atom. The van der Waals surface area contributed by atoms with Crippen LogP contribution in [-0.2, 0) is 6.54 Å². The summed E-state index contributed by atoms with van der Waals surface area (Å²) in [5, 5.41) is 9.91. The second kappa shape index (κ2) is 6.01. The molecule has 0 aliphatic rings. The molecule has 0 N–H and O–H groups in total. The smallest absolute Gasteiger partial charge is 0.277 e. The lowest BCUT2D eigenvalue weighted by atomic mass is 10.2. The zero-order valence-electron chi connectivity index (χ0n) is 11.5. The summed E-state index contributed by atoms with van der Waals surface area (Å²) < 4.78 is 7.85. The first-order chi connectivity index (χ1) is 10.3. The van der Waals surface area contributed by atoms with Crippen molar-refractivity contribution in [2.24, 2.45) is 0 Å². The van der Waals surface area contributed by atoms with E-state index in [1.165, 1.54) is 11.8 Å². The van der Waals surface area contributed by atoms with Crippen LogP contribution in [0.3, 0.4) is 0 Å². The molecule has 0 bridgehead atoms. The Kier molecular flexibility index (Phi) is 3.92. The predicted octanol–water partition coefficient (Wildman–Crippen LogP) is 4.16. The van der Waals surface area contributed by atoms with Crippen molar-refractivity contribution in [1.82, 2.24) is 14.8 Å². The van der Waals surface area contributed by atoms with Gasteiger partial charge in [-0.05, 0) is 12.1 Å². The van der Waals surface area contributed by atoms with E-state index in [-0.39, 0.29) is 0 Å². The molecule has 0 aliphatic carbocycles. The van der Waals surface area contributed by atoms with Crippen molar-refractivity contribution in [2.75, 3.05) is 5.75 Å². The van der Waals surface area contributed by atoms with E-state index >= 15 is 0 Å². The molecule has 1 aromatic carbocycles. The number of thioether (sulfide) groups is 1. The van der Waals surface area contributed by atoms with Gasteiger partial charge in [0, 0.05) is 23.2 Å². The van der Waals surface area contributed by atoms with Gasteiger partial charge >= 0.3 is 0 Å². The number of benzene rings is 1. The van der Waals surface area contributed by atoms with Crippen LogP contribution in [-0.4, -0.2) is 20.5 Å². The van der Waals surface area contributed by atoms with E-state index in [1.54, 1.807) is 0 Å². The van der Waals surface area contributed by atoms with E-state index < -0.39 is 0 Å². The van der Waals surface area contributed by atoms with Crippen LogP contribution in [0.4, 0.5) is 0 Å². The third-order valence-electron chi connectivity index (χ3n) is 3.07.